The Morgan fingerprint density at radius 1 is 1.40 bits per heavy atom. The number of nitrogens with one attached hydrogen (secondary N) is 1. The fourth-order valence-corrected chi connectivity index (χ4v) is 2.68. The van der Waals surface area contributed by atoms with Crippen LogP contribution in [0.1, 0.15) is 19.4 Å². The van der Waals surface area contributed by atoms with Crippen molar-refractivity contribution in [3.05, 3.63) is 17.7 Å². The molecule has 0 saturated carbocycles. The highest BCUT2D eigenvalue weighted by Gasteiger charge is 2.46. The van der Waals surface area contributed by atoms with Crippen LogP contribution in [0, 0.1) is 0 Å². The lowest BCUT2D eigenvalue weighted by molar-refractivity contribution is -0.151. The van der Waals surface area contributed by atoms with Gasteiger partial charge in [0, 0.05) is 18.9 Å². The molecule has 2 aliphatic heterocycles. The first kappa shape index (κ1) is 13.2. The number of carbonyl (C=O) groups is 1. The lowest BCUT2D eigenvalue weighted by Gasteiger charge is -2.28. The zero-order valence-electron chi connectivity index (χ0n) is 11.4. The van der Waals surface area contributed by atoms with Crippen molar-refractivity contribution < 1.29 is 24.1 Å². The van der Waals surface area contributed by atoms with Crippen molar-refractivity contribution in [1.29, 1.82) is 0 Å². The van der Waals surface area contributed by atoms with E-state index in [2.05, 4.69) is 5.32 Å². The number of hydrogen-bond donors (Lipinski definition) is 2. The molecule has 1 saturated heterocycles. The summed E-state index contributed by atoms with van der Waals surface area (Å²) in [6.45, 7) is 4.39. The van der Waals surface area contributed by atoms with Crippen LogP contribution in [0.15, 0.2) is 12.1 Å². The summed E-state index contributed by atoms with van der Waals surface area (Å²) in [6, 6.07) is 3.20. The van der Waals surface area contributed by atoms with Crippen molar-refractivity contribution in [3.63, 3.8) is 0 Å². The van der Waals surface area contributed by atoms with Gasteiger partial charge in [-0.3, -0.25) is 4.79 Å². The number of amides is 1. The number of phenols is 1. The maximum atomic E-state index is 11.3. The van der Waals surface area contributed by atoms with Gasteiger partial charge in [0.25, 0.3) is 0 Å². The van der Waals surface area contributed by atoms with Crippen molar-refractivity contribution in [2.45, 2.75) is 32.2 Å². The average Bonchev–Trinajstić information content (AvgIpc) is 3.00. The first-order valence-electron chi connectivity index (χ1n) is 6.54. The van der Waals surface area contributed by atoms with E-state index >= 15 is 0 Å². The molecule has 2 heterocycles. The SMILES string of the molecule is CC(=O)Nc1c(O)ccc2c1CC(C)(C1OCCO1)O2. The second-order valence-corrected chi connectivity index (χ2v) is 5.28. The second kappa shape index (κ2) is 4.64. The number of phenolic OH excluding ortho intramolecular Hbond substituents is 1. The summed E-state index contributed by atoms with van der Waals surface area (Å²) in [6.07, 6.45) is 0.0546. The number of rotatable bonds is 2. The maximum absolute atomic E-state index is 11.3. The molecule has 0 aromatic heterocycles. The molecule has 1 unspecified atom stereocenters. The summed E-state index contributed by atoms with van der Waals surface area (Å²) in [5.74, 6) is 0.420. The maximum Gasteiger partial charge on any atom is 0.221 e. The Kier molecular flexibility index (Phi) is 3.07. The molecule has 1 aromatic rings. The van der Waals surface area contributed by atoms with Gasteiger partial charge in [0.15, 0.2) is 11.9 Å². The van der Waals surface area contributed by atoms with Crippen LogP contribution in [0.2, 0.25) is 0 Å². The molecule has 6 heteroatoms. The summed E-state index contributed by atoms with van der Waals surface area (Å²) in [5.41, 5.74) is 0.512. The molecule has 1 amide bonds. The van der Waals surface area contributed by atoms with Crippen LogP contribution in [0.25, 0.3) is 0 Å². The molecule has 1 fully saturated rings. The van der Waals surface area contributed by atoms with E-state index < -0.39 is 11.9 Å². The first-order valence-corrected chi connectivity index (χ1v) is 6.54. The summed E-state index contributed by atoms with van der Waals surface area (Å²) in [7, 11) is 0. The van der Waals surface area contributed by atoms with Crippen LogP contribution in [-0.2, 0) is 20.7 Å². The molecule has 0 aliphatic carbocycles. The monoisotopic (exact) mass is 279 g/mol. The highest BCUT2D eigenvalue weighted by atomic mass is 16.7. The highest BCUT2D eigenvalue weighted by Crippen LogP contribution is 2.45. The minimum Gasteiger partial charge on any atom is -0.506 e. The van der Waals surface area contributed by atoms with Gasteiger partial charge in [0.05, 0.1) is 18.9 Å². The predicted molar refractivity (Wildman–Crippen MR) is 70.8 cm³/mol. The van der Waals surface area contributed by atoms with Gasteiger partial charge in [-0.25, -0.2) is 0 Å². The third kappa shape index (κ3) is 2.10. The normalized spacial score (nSPS) is 25.3. The van der Waals surface area contributed by atoms with Gasteiger partial charge in [-0.1, -0.05) is 0 Å². The minimum atomic E-state index is -0.653. The molecule has 0 radical (unpaired) electrons. The van der Waals surface area contributed by atoms with E-state index in [9.17, 15) is 9.90 Å². The fourth-order valence-electron chi connectivity index (χ4n) is 2.68. The fraction of sp³-hybridized carbons (Fsp3) is 0.500. The number of carbonyl (C=O) groups excluding carboxylic acids is 1. The van der Waals surface area contributed by atoms with Crippen LogP contribution in [0.5, 0.6) is 11.5 Å². The summed E-state index contributed by atoms with van der Waals surface area (Å²) in [5, 5.41) is 12.6. The van der Waals surface area contributed by atoms with E-state index in [-0.39, 0.29) is 11.7 Å². The Bertz CT molecular complexity index is 553. The van der Waals surface area contributed by atoms with Gasteiger partial charge in [0.1, 0.15) is 11.5 Å². The zero-order chi connectivity index (χ0) is 14.3. The molecule has 1 aromatic carbocycles. The molecule has 1 atom stereocenters. The minimum absolute atomic E-state index is 0.0278. The summed E-state index contributed by atoms with van der Waals surface area (Å²) < 4.78 is 17.0. The van der Waals surface area contributed by atoms with Crippen LogP contribution in [0.4, 0.5) is 5.69 Å². The molecule has 3 rings (SSSR count). The molecule has 6 nitrogen and oxygen atoms in total. The van der Waals surface area contributed by atoms with Crippen LogP contribution in [0.3, 0.4) is 0 Å². The van der Waals surface area contributed by atoms with Crippen LogP contribution in [-0.4, -0.2) is 36.1 Å². The Morgan fingerprint density at radius 2 is 2.10 bits per heavy atom. The van der Waals surface area contributed by atoms with Gasteiger partial charge in [0.2, 0.25) is 5.91 Å². The van der Waals surface area contributed by atoms with Gasteiger partial charge >= 0.3 is 0 Å². The summed E-state index contributed by atoms with van der Waals surface area (Å²) >= 11 is 0. The van der Waals surface area contributed by atoms with Gasteiger partial charge in [-0.15, -0.1) is 0 Å². The predicted octanol–water partition coefficient (Wildman–Crippen LogP) is 1.42. The van der Waals surface area contributed by atoms with Gasteiger partial charge < -0.3 is 24.6 Å². The molecule has 2 aliphatic rings. The van der Waals surface area contributed by atoms with Crippen molar-refractivity contribution in [1.82, 2.24) is 0 Å². The number of aromatic hydroxyl groups is 1. The van der Waals surface area contributed by atoms with E-state index in [4.69, 9.17) is 14.2 Å². The second-order valence-electron chi connectivity index (χ2n) is 5.28. The number of anilines is 1. The van der Waals surface area contributed by atoms with Crippen LogP contribution < -0.4 is 10.1 Å². The third-order valence-electron chi connectivity index (χ3n) is 3.54. The van der Waals surface area contributed by atoms with E-state index in [1.807, 2.05) is 6.92 Å². The zero-order valence-corrected chi connectivity index (χ0v) is 11.4. The number of hydrogen-bond acceptors (Lipinski definition) is 5. The van der Waals surface area contributed by atoms with E-state index in [0.717, 1.165) is 5.56 Å². The largest absolute Gasteiger partial charge is 0.506 e. The van der Waals surface area contributed by atoms with Crippen molar-refractivity contribution in [2.75, 3.05) is 18.5 Å². The highest BCUT2D eigenvalue weighted by molar-refractivity contribution is 5.92. The van der Waals surface area contributed by atoms with Crippen molar-refractivity contribution in [3.8, 4) is 11.5 Å². The van der Waals surface area contributed by atoms with Gasteiger partial charge in [-0.05, 0) is 19.1 Å². The molecule has 0 bridgehead atoms. The molecule has 2 N–H and O–H groups in total. The molecule has 108 valence electrons. The number of ether oxygens (including phenoxy) is 3. The van der Waals surface area contributed by atoms with Crippen molar-refractivity contribution >= 4 is 11.6 Å². The van der Waals surface area contributed by atoms with E-state index in [1.165, 1.54) is 13.0 Å². The smallest absolute Gasteiger partial charge is 0.221 e. The Hall–Kier alpha value is -1.79. The topological polar surface area (TPSA) is 77.0 Å². The third-order valence-corrected chi connectivity index (χ3v) is 3.54. The van der Waals surface area contributed by atoms with Gasteiger partial charge in [-0.2, -0.15) is 0 Å². The standard InChI is InChI=1S/C14H17NO5/c1-8(16)15-12-9-7-14(2,13-18-5-6-19-13)20-11(9)4-3-10(12)17/h3-4,13,17H,5-7H2,1-2H3,(H,15,16). The quantitative estimate of drug-likeness (QED) is 0.801. The summed E-state index contributed by atoms with van der Waals surface area (Å²) in [4.78, 5) is 11.3. The first-order chi connectivity index (χ1) is 9.49. The Labute approximate surface area is 116 Å². The Balaban J connectivity index is 1.94. The lowest BCUT2D eigenvalue weighted by atomic mass is 9.97. The Morgan fingerprint density at radius 3 is 2.75 bits per heavy atom. The van der Waals surface area contributed by atoms with E-state index in [1.54, 1.807) is 6.07 Å². The lowest BCUT2D eigenvalue weighted by Crippen LogP contribution is -2.44. The van der Waals surface area contributed by atoms with E-state index in [0.29, 0.717) is 31.1 Å². The molecular formula is C14H17NO5. The number of benzene rings is 1. The molecule has 20 heavy (non-hydrogen) atoms. The molecular weight excluding hydrogens is 262 g/mol. The average molecular weight is 279 g/mol. The molecule has 0 spiro atoms. The van der Waals surface area contributed by atoms with Crippen molar-refractivity contribution in [2.24, 2.45) is 0 Å². The number of fused-ring (bicyclic) bond motifs is 1. The van der Waals surface area contributed by atoms with Crippen LogP contribution >= 0.6 is 0 Å².